The van der Waals surface area contributed by atoms with Crippen LogP contribution in [0, 0.1) is 0 Å². The smallest absolute Gasteiger partial charge is 0.267 e. The summed E-state index contributed by atoms with van der Waals surface area (Å²) in [6.45, 7) is 3.87. The van der Waals surface area contributed by atoms with Crippen molar-refractivity contribution in [2.75, 3.05) is 5.32 Å². The predicted octanol–water partition coefficient (Wildman–Crippen LogP) is 4.35. The highest BCUT2D eigenvalue weighted by molar-refractivity contribution is 6.30. The lowest BCUT2D eigenvalue weighted by atomic mass is 10.1. The van der Waals surface area contributed by atoms with Crippen LogP contribution in [-0.4, -0.2) is 16.1 Å². The third-order valence-electron chi connectivity index (χ3n) is 4.20. The number of carbonyl (C=O) groups is 1. The molecule has 0 aliphatic carbocycles. The summed E-state index contributed by atoms with van der Waals surface area (Å²) in [6, 6.07) is 19.3. The number of pyridine rings is 1. The van der Waals surface area contributed by atoms with Gasteiger partial charge in [-0.15, -0.1) is 0 Å². The Bertz CT molecular complexity index is 1010. The lowest BCUT2D eigenvalue weighted by molar-refractivity contribution is -0.128. The third-order valence-corrected chi connectivity index (χ3v) is 4.45. The molecule has 0 radical (unpaired) electrons. The summed E-state index contributed by atoms with van der Waals surface area (Å²) in [5.41, 5.74) is 0.495. The number of nitrogens with zero attached hydrogens (tertiary/aromatic N) is 1. The number of rotatable bonds is 6. The molecule has 1 amide bonds. The normalized spacial score (nSPS) is 11.1. The Kier molecular flexibility index (Phi) is 5.85. The van der Waals surface area contributed by atoms with E-state index in [1.807, 2.05) is 18.2 Å². The standard InChI is InChI=1S/C22H21ClN2O3/c1-22(2,28-19-12-8-17(23)9-13-19)21(27)24-18-10-6-16(7-11-18)15-25-14-4-3-5-20(25)26/h3-14H,15H2,1-2H3,(H,24,27). The Morgan fingerprint density at radius 2 is 1.71 bits per heavy atom. The van der Waals surface area contributed by atoms with Crippen LogP contribution >= 0.6 is 11.6 Å². The maximum Gasteiger partial charge on any atom is 0.267 e. The lowest BCUT2D eigenvalue weighted by Gasteiger charge is -2.25. The molecule has 0 bridgehead atoms. The lowest BCUT2D eigenvalue weighted by Crippen LogP contribution is -2.42. The highest BCUT2D eigenvalue weighted by atomic mass is 35.5. The summed E-state index contributed by atoms with van der Waals surface area (Å²) < 4.78 is 7.42. The second-order valence-corrected chi connectivity index (χ2v) is 7.32. The van der Waals surface area contributed by atoms with Gasteiger partial charge in [0, 0.05) is 23.0 Å². The molecule has 0 saturated carbocycles. The van der Waals surface area contributed by atoms with Gasteiger partial charge in [0.15, 0.2) is 5.60 Å². The van der Waals surface area contributed by atoms with Crippen LogP contribution in [-0.2, 0) is 11.3 Å². The van der Waals surface area contributed by atoms with E-state index < -0.39 is 5.60 Å². The van der Waals surface area contributed by atoms with E-state index in [4.69, 9.17) is 16.3 Å². The Labute approximate surface area is 168 Å². The van der Waals surface area contributed by atoms with Crippen molar-refractivity contribution < 1.29 is 9.53 Å². The molecule has 3 aromatic rings. The molecule has 3 rings (SSSR count). The first-order valence-electron chi connectivity index (χ1n) is 8.84. The van der Waals surface area contributed by atoms with Gasteiger partial charge in [0.05, 0.1) is 6.54 Å². The van der Waals surface area contributed by atoms with Gasteiger partial charge in [-0.25, -0.2) is 0 Å². The maximum absolute atomic E-state index is 12.6. The Balaban J connectivity index is 1.64. The molecule has 28 heavy (non-hydrogen) atoms. The number of carbonyl (C=O) groups excluding carboxylic acids is 1. The van der Waals surface area contributed by atoms with E-state index >= 15 is 0 Å². The van der Waals surface area contributed by atoms with Crippen LogP contribution in [0.25, 0.3) is 0 Å². The molecule has 0 atom stereocenters. The monoisotopic (exact) mass is 396 g/mol. The quantitative estimate of drug-likeness (QED) is 0.674. The number of halogens is 1. The van der Waals surface area contributed by atoms with Gasteiger partial charge in [0.2, 0.25) is 0 Å². The van der Waals surface area contributed by atoms with Crippen LogP contribution in [0.15, 0.2) is 77.7 Å². The van der Waals surface area contributed by atoms with Crippen molar-refractivity contribution in [2.45, 2.75) is 26.0 Å². The van der Waals surface area contributed by atoms with Gasteiger partial charge >= 0.3 is 0 Å². The van der Waals surface area contributed by atoms with E-state index in [1.165, 1.54) is 6.07 Å². The topological polar surface area (TPSA) is 60.3 Å². The third kappa shape index (κ3) is 5.02. The zero-order valence-corrected chi connectivity index (χ0v) is 16.4. The van der Waals surface area contributed by atoms with Crippen LogP contribution in [0.3, 0.4) is 0 Å². The SMILES string of the molecule is CC(C)(Oc1ccc(Cl)cc1)C(=O)Nc1ccc(Cn2ccccc2=O)cc1. The first kappa shape index (κ1) is 19.7. The van der Waals surface area contributed by atoms with E-state index in [0.29, 0.717) is 23.0 Å². The Morgan fingerprint density at radius 1 is 1.04 bits per heavy atom. The Hall–Kier alpha value is -3.05. The molecule has 1 N–H and O–H groups in total. The van der Waals surface area contributed by atoms with Crippen LogP contribution in [0.2, 0.25) is 5.02 Å². The zero-order valence-electron chi connectivity index (χ0n) is 15.7. The Morgan fingerprint density at radius 3 is 2.36 bits per heavy atom. The molecule has 0 saturated heterocycles. The number of nitrogens with one attached hydrogen (secondary N) is 1. The van der Waals surface area contributed by atoms with E-state index in [2.05, 4.69) is 5.32 Å². The maximum atomic E-state index is 12.6. The molecule has 0 aliphatic heterocycles. The van der Waals surface area contributed by atoms with Gasteiger partial charge < -0.3 is 14.6 Å². The van der Waals surface area contributed by atoms with Gasteiger partial charge in [-0.1, -0.05) is 29.8 Å². The van der Waals surface area contributed by atoms with Crippen molar-refractivity contribution >= 4 is 23.2 Å². The fraction of sp³-hybridized carbons (Fsp3) is 0.182. The van der Waals surface area contributed by atoms with Crippen molar-refractivity contribution in [3.05, 3.63) is 93.9 Å². The average Bonchev–Trinajstić information content (AvgIpc) is 2.67. The predicted molar refractivity (Wildman–Crippen MR) is 111 cm³/mol. The number of hydrogen-bond acceptors (Lipinski definition) is 3. The summed E-state index contributed by atoms with van der Waals surface area (Å²) in [4.78, 5) is 24.4. The summed E-state index contributed by atoms with van der Waals surface area (Å²) in [5.74, 6) is 0.294. The van der Waals surface area contributed by atoms with Gasteiger partial charge in [0.25, 0.3) is 11.5 Å². The minimum atomic E-state index is -1.07. The summed E-state index contributed by atoms with van der Waals surface area (Å²) in [7, 11) is 0. The highest BCUT2D eigenvalue weighted by Gasteiger charge is 2.30. The molecular formula is C22H21ClN2O3. The van der Waals surface area contributed by atoms with Crippen molar-refractivity contribution in [3.63, 3.8) is 0 Å². The fourth-order valence-electron chi connectivity index (χ4n) is 2.61. The van der Waals surface area contributed by atoms with Crippen LogP contribution in [0.1, 0.15) is 19.4 Å². The van der Waals surface area contributed by atoms with Crippen molar-refractivity contribution in [1.29, 1.82) is 0 Å². The molecule has 0 unspecified atom stereocenters. The van der Waals surface area contributed by atoms with Crippen LogP contribution < -0.4 is 15.6 Å². The van der Waals surface area contributed by atoms with Crippen molar-refractivity contribution in [2.24, 2.45) is 0 Å². The molecule has 0 aliphatic rings. The fourth-order valence-corrected chi connectivity index (χ4v) is 2.73. The minimum Gasteiger partial charge on any atom is -0.478 e. The van der Waals surface area contributed by atoms with E-state index in [1.54, 1.807) is 67.1 Å². The molecule has 6 heteroatoms. The number of amides is 1. The zero-order chi connectivity index (χ0) is 20.1. The summed E-state index contributed by atoms with van der Waals surface area (Å²) in [6.07, 6.45) is 1.74. The second-order valence-electron chi connectivity index (χ2n) is 6.88. The van der Waals surface area contributed by atoms with E-state index in [9.17, 15) is 9.59 Å². The molecule has 144 valence electrons. The number of aromatic nitrogens is 1. The van der Waals surface area contributed by atoms with E-state index in [0.717, 1.165) is 5.56 Å². The molecule has 1 aromatic heterocycles. The molecule has 5 nitrogen and oxygen atoms in total. The van der Waals surface area contributed by atoms with E-state index in [-0.39, 0.29) is 11.5 Å². The summed E-state index contributed by atoms with van der Waals surface area (Å²) in [5, 5.41) is 3.46. The molecular weight excluding hydrogens is 376 g/mol. The minimum absolute atomic E-state index is 0.0547. The summed E-state index contributed by atoms with van der Waals surface area (Å²) >= 11 is 5.87. The molecule has 2 aromatic carbocycles. The average molecular weight is 397 g/mol. The number of hydrogen-bond donors (Lipinski definition) is 1. The molecule has 1 heterocycles. The number of anilines is 1. The highest BCUT2D eigenvalue weighted by Crippen LogP contribution is 2.22. The van der Waals surface area contributed by atoms with Gasteiger partial charge in [-0.05, 0) is 61.9 Å². The van der Waals surface area contributed by atoms with Crippen LogP contribution in [0.5, 0.6) is 5.75 Å². The number of ether oxygens (including phenoxy) is 1. The first-order valence-corrected chi connectivity index (χ1v) is 9.22. The second kappa shape index (κ2) is 8.31. The molecule has 0 fully saturated rings. The largest absolute Gasteiger partial charge is 0.478 e. The van der Waals surface area contributed by atoms with Gasteiger partial charge in [0.1, 0.15) is 5.75 Å². The van der Waals surface area contributed by atoms with Gasteiger partial charge in [-0.3, -0.25) is 9.59 Å². The molecule has 0 spiro atoms. The van der Waals surface area contributed by atoms with Crippen molar-refractivity contribution in [3.8, 4) is 5.75 Å². The van der Waals surface area contributed by atoms with Crippen molar-refractivity contribution in [1.82, 2.24) is 4.57 Å². The number of benzene rings is 2. The van der Waals surface area contributed by atoms with Gasteiger partial charge in [-0.2, -0.15) is 0 Å². The van der Waals surface area contributed by atoms with Crippen LogP contribution in [0.4, 0.5) is 5.69 Å². The first-order chi connectivity index (χ1) is 13.3.